The first-order chi connectivity index (χ1) is 5.28. The van der Waals surface area contributed by atoms with E-state index in [4.69, 9.17) is 5.84 Å². The molecule has 1 aliphatic carbocycles. The summed E-state index contributed by atoms with van der Waals surface area (Å²) in [5.41, 5.74) is 3.40. The first-order valence-electron chi connectivity index (χ1n) is 4.51. The number of hydrazine groups is 1. The summed E-state index contributed by atoms with van der Waals surface area (Å²) in [5.74, 6) is 5.41. The van der Waals surface area contributed by atoms with Crippen LogP contribution in [0.1, 0.15) is 32.6 Å². The molecular formula is C8H17N3. The second-order valence-electron chi connectivity index (χ2n) is 3.86. The second kappa shape index (κ2) is 2.44. The minimum absolute atomic E-state index is 0.361. The molecule has 0 bridgehead atoms. The lowest BCUT2D eigenvalue weighted by molar-refractivity contribution is 0.148. The van der Waals surface area contributed by atoms with E-state index in [0.29, 0.717) is 11.7 Å². The third-order valence-corrected chi connectivity index (χ3v) is 3.19. The molecule has 3 N–H and O–H groups in total. The summed E-state index contributed by atoms with van der Waals surface area (Å²) in [6, 6.07) is 0. The molecule has 64 valence electrons. The number of nitrogens with two attached hydrogens (primary N) is 1. The minimum Gasteiger partial charge on any atom is -0.282 e. The molecule has 1 atom stereocenters. The van der Waals surface area contributed by atoms with E-state index in [-0.39, 0.29) is 0 Å². The van der Waals surface area contributed by atoms with Crippen LogP contribution in [0.4, 0.5) is 0 Å². The van der Waals surface area contributed by atoms with Gasteiger partial charge in [0.1, 0.15) is 0 Å². The highest BCUT2D eigenvalue weighted by Gasteiger charge is 2.51. The highest BCUT2D eigenvalue weighted by Crippen LogP contribution is 2.49. The van der Waals surface area contributed by atoms with Crippen LogP contribution >= 0.6 is 0 Å². The average molecular weight is 155 g/mol. The highest BCUT2D eigenvalue weighted by atomic mass is 15.4. The molecule has 0 aromatic rings. The van der Waals surface area contributed by atoms with E-state index in [1.165, 1.54) is 32.2 Å². The van der Waals surface area contributed by atoms with E-state index in [9.17, 15) is 0 Å². The van der Waals surface area contributed by atoms with Gasteiger partial charge in [0.25, 0.3) is 0 Å². The topological polar surface area (TPSA) is 41.3 Å². The van der Waals surface area contributed by atoms with Crippen LogP contribution < -0.4 is 11.3 Å². The molecule has 1 aliphatic heterocycles. The summed E-state index contributed by atoms with van der Waals surface area (Å²) in [6.07, 6.45) is 5.88. The minimum atomic E-state index is 0.361. The van der Waals surface area contributed by atoms with Gasteiger partial charge in [-0.15, -0.1) is 0 Å². The van der Waals surface area contributed by atoms with E-state index < -0.39 is 0 Å². The fourth-order valence-corrected chi connectivity index (χ4v) is 2.34. The van der Waals surface area contributed by atoms with Gasteiger partial charge in [0, 0.05) is 12.1 Å². The zero-order chi connectivity index (χ0) is 7.90. The zero-order valence-electron chi connectivity index (χ0n) is 7.14. The Kier molecular flexibility index (Phi) is 1.67. The molecule has 2 rings (SSSR count). The molecule has 3 nitrogen and oxygen atoms in total. The van der Waals surface area contributed by atoms with Gasteiger partial charge in [-0.05, 0) is 32.6 Å². The highest BCUT2D eigenvalue weighted by molar-refractivity contribution is 5.07. The van der Waals surface area contributed by atoms with Crippen LogP contribution in [-0.2, 0) is 0 Å². The number of hydrogen-bond acceptors (Lipinski definition) is 3. The van der Waals surface area contributed by atoms with Crippen LogP contribution in [0, 0.1) is 0 Å². The van der Waals surface area contributed by atoms with E-state index in [1.54, 1.807) is 0 Å². The van der Waals surface area contributed by atoms with Crippen LogP contribution in [0.3, 0.4) is 0 Å². The molecule has 2 fully saturated rings. The maximum absolute atomic E-state index is 5.41. The molecule has 0 aromatic carbocycles. The number of hydrogen-bond donors (Lipinski definition) is 2. The van der Waals surface area contributed by atoms with Crippen LogP contribution in [0.25, 0.3) is 0 Å². The van der Waals surface area contributed by atoms with Gasteiger partial charge in [-0.1, -0.05) is 0 Å². The molecule has 0 amide bonds. The van der Waals surface area contributed by atoms with Crippen molar-refractivity contribution in [3.63, 3.8) is 0 Å². The molecule has 1 saturated carbocycles. The van der Waals surface area contributed by atoms with Crippen molar-refractivity contribution < 1.29 is 0 Å². The fourth-order valence-electron chi connectivity index (χ4n) is 2.34. The van der Waals surface area contributed by atoms with Crippen molar-refractivity contribution in [1.29, 1.82) is 0 Å². The molecule has 1 spiro atoms. The molecule has 1 saturated heterocycles. The Morgan fingerprint density at radius 3 is 2.73 bits per heavy atom. The first kappa shape index (κ1) is 7.53. The first-order valence-corrected chi connectivity index (χ1v) is 4.51. The Hall–Kier alpha value is -0.120. The molecule has 0 radical (unpaired) electrons. The van der Waals surface area contributed by atoms with E-state index in [2.05, 4.69) is 17.2 Å². The summed E-state index contributed by atoms with van der Waals surface area (Å²) in [7, 11) is 0. The van der Waals surface area contributed by atoms with Crippen LogP contribution in [0.2, 0.25) is 0 Å². The monoisotopic (exact) mass is 155 g/mol. The molecule has 0 aromatic heterocycles. The Morgan fingerprint density at radius 2 is 2.18 bits per heavy atom. The standard InChI is InChI=1S/C8H17N3/c1-7(10-9)11-6-2-3-8(11)4-5-8/h7,10H,2-6,9H2,1H3. The number of nitrogens with zero attached hydrogens (tertiary/aromatic N) is 1. The zero-order valence-corrected chi connectivity index (χ0v) is 7.14. The maximum Gasteiger partial charge on any atom is 0.0702 e. The van der Waals surface area contributed by atoms with Crippen molar-refractivity contribution in [2.75, 3.05) is 6.54 Å². The summed E-state index contributed by atoms with van der Waals surface area (Å²) in [6.45, 7) is 3.37. The number of nitrogens with one attached hydrogen (secondary N) is 1. The predicted octanol–water partition coefficient (Wildman–Crippen LogP) is 0.424. The van der Waals surface area contributed by atoms with Gasteiger partial charge in [0.2, 0.25) is 0 Å². The Labute approximate surface area is 67.9 Å². The average Bonchev–Trinajstić information content (AvgIpc) is 2.63. The van der Waals surface area contributed by atoms with Crippen LogP contribution in [0.5, 0.6) is 0 Å². The molecule has 2 aliphatic rings. The Morgan fingerprint density at radius 1 is 1.45 bits per heavy atom. The van der Waals surface area contributed by atoms with Crippen molar-refractivity contribution in [2.24, 2.45) is 5.84 Å². The van der Waals surface area contributed by atoms with Gasteiger partial charge in [-0.3, -0.25) is 10.7 Å². The summed E-state index contributed by atoms with van der Waals surface area (Å²) in [5, 5.41) is 0. The van der Waals surface area contributed by atoms with Crippen molar-refractivity contribution >= 4 is 0 Å². The second-order valence-corrected chi connectivity index (χ2v) is 3.86. The van der Waals surface area contributed by atoms with E-state index >= 15 is 0 Å². The molecule has 1 unspecified atom stereocenters. The van der Waals surface area contributed by atoms with Crippen LogP contribution in [-0.4, -0.2) is 23.1 Å². The van der Waals surface area contributed by atoms with Gasteiger partial charge in [0.05, 0.1) is 6.17 Å². The maximum atomic E-state index is 5.41. The third-order valence-electron chi connectivity index (χ3n) is 3.19. The van der Waals surface area contributed by atoms with Crippen molar-refractivity contribution in [3.05, 3.63) is 0 Å². The number of likely N-dealkylation sites (tertiary alicyclic amines) is 1. The molecule has 11 heavy (non-hydrogen) atoms. The van der Waals surface area contributed by atoms with Gasteiger partial charge in [-0.25, -0.2) is 5.43 Å². The normalized spacial score (nSPS) is 31.1. The Balaban J connectivity index is 2.02. The summed E-state index contributed by atoms with van der Waals surface area (Å²) in [4.78, 5) is 2.52. The van der Waals surface area contributed by atoms with Crippen molar-refractivity contribution in [1.82, 2.24) is 10.3 Å². The molecule has 1 heterocycles. The van der Waals surface area contributed by atoms with E-state index in [1.807, 2.05) is 0 Å². The SMILES string of the molecule is CC(NN)N1CCCC12CC2. The third kappa shape index (κ3) is 1.08. The van der Waals surface area contributed by atoms with Crippen molar-refractivity contribution in [2.45, 2.75) is 44.3 Å². The quantitative estimate of drug-likeness (QED) is 0.448. The van der Waals surface area contributed by atoms with E-state index in [0.717, 1.165) is 0 Å². The molecule has 3 heteroatoms. The lowest BCUT2D eigenvalue weighted by atomic mass is 10.2. The largest absolute Gasteiger partial charge is 0.282 e. The van der Waals surface area contributed by atoms with Crippen LogP contribution in [0.15, 0.2) is 0 Å². The van der Waals surface area contributed by atoms with Gasteiger partial charge in [0.15, 0.2) is 0 Å². The summed E-state index contributed by atoms with van der Waals surface area (Å²) >= 11 is 0. The smallest absolute Gasteiger partial charge is 0.0702 e. The van der Waals surface area contributed by atoms with Crippen molar-refractivity contribution in [3.8, 4) is 0 Å². The van der Waals surface area contributed by atoms with Gasteiger partial charge >= 0.3 is 0 Å². The predicted molar refractivity (Wildman–Crippen MR) is 44.7 cm³/mol. The lowest BCUT2D eigenvalue weighted by Gasteiger charge is -2.29. The van der Waals surface area contributed by atoms with Gasteiger partial charge < -0.3 is 0 Å². The summed E-state index contributed by atoms with van der Waals surface area (Å²) < 4.78 is 0. The Bertz CT molecular complexity index is 153. The lowest BCUT2D eigenvalue weighted by Crippen LogP contribution is -2.49. The fraction of sp³-hybridized carbons (Fsp3) is 1.00. The van der Waals surface area contributed by atoms with Gasteiger partial charge in [-0.2, -0.15) is 0 Å². The number of rotatable bonds is 2. The molecular weight excluding hydrogens is 138 g/mol.